The number of aliphatic hydroxyl groups excluding tert-OH is 2. The van der Waals surface area contributed by atoms with E-state index in [1.54, 1.807) is 0 Å². The Bertz CT molecular complexity index is 91.9. The van der Waals surface area contributed by atoms with Crippen LogP contribution in [0.3, 0.4) is 0 Å². The van der Waals surface area contributed by atoms with Crippen molar-refractivity contribution in [2.75, 3.05) is 33.0 Å². The lowest BCUT2D eigenvalue weighted by molar-refractivity contribution is -0.190. The van der Waals surface area contributed by atoms with E-state index in [0.717, 1.165) is 0 Å². The summed E-state index contributed by atoms with van der Waals surface area (Å²) in [7, 11) is 0. The zero-order valence-electron chi connectivity index (χ0n) is 5.75. The van der Waals surface area contributed by atoms with Gasteiger partial charge in [0.2, 0.25) is 0 Å². The minimum absolute atomic E-state index is 0.191. The summed E-state index contributed by atoms with van der Waals surface area (Å²) >= 11 is 0. The first-order chi connectivity index (χ1) is 4.83. The van der Waals surface area contributed by atoms with Crippen LogP contribution in [0.4, 0.5) is 0 Å². The van der Waals surface area contributed by atoms with E-state index in [4.69, 9.17) is 19.7 Å². The quantitative estimate of drug-likeness (QED) is 0.514. The Balaban J connectivity index is 2.44. The lowest BCUT2D eigenvalue weighted by Gasteiger charge is -2.33. The van der Waals surface area contributed by atoms with E-state index in [9.17, 15) is 0 Å². The maximum Gasteiger partial charge on any atom is 0.137 e. The molecule has 0 bridgehead atoms. The molecule has 4 nitrogen and oxygen atoms in total. The smallest absolute Gasteiger partial charge is 0.137 e. The molecular formula is C6H12O4. The van der Waals surface area contributed by atoms with Crippen LogP contribution in [0.2, 0.25) is 0 Å². The molecule has 60 valence electrons. The van der Waals surface area contributed by atoms with Crippen LogP contribution < -0.4 is 0 Å². The van der Waals surface area contributed by atoms with Crippen LogP contribution in [0, 0.1) is 0 Å². The number of hydrogen-bond acceptors (Lipinski definition) is 4. The molecule has 1 fully saturated rings. The van der Waals surface area contributed by atoms with Gasteiger partial charge in [-0.1, -0.05) is 0 Å². The molecule has 1 rings (SSSR count). The first-order valence-corrected chi connectivity index (χ1v) is 3.26. The molecule has 0 unspecified atom stereocenters. The largest absolute Gasteiger partial charge is 0.393 e. The van der Waals surface area contributed by atoms with E-state index in [-0.39, 0.29) is 19.8 Å². The van der Waals surface area contributed by atoms with Gasteiger partial charge in [0.05, 0.1) is 33.0 Å². The summed E-state index contributed by atoms with van der Waals surface area (Å²) in [5.41, 5.74) is -0.849. The van der Waals surface area contributed by atoms with Crippen LogP contribution in [0.15, 0.2) is 0 Å². The lowest BCUT2D eigenvalue weighted by atomic mass is 10.1. The molecule has 1 aliphatic heterocycles. The van der Waals surface area contributed by atoms with Gasteiger partial charge in [0, 0.05) is 0 Å². The molecule has 0 amide bonds. The van der Waals surface area contributed by atoms with Crippen LogP contribution in [0.25, 0.3) is 0 Å². The molecule has 2 N–H and O–H groups in total. The highest BCUT2D eigenvalue weighted by Crippen LogP contribution is 2.13. The Morgan fingerprint density at radius 2 is 1.90 bits per heavy atom. The summed E-state index contributed by atoms with van der Waals surface area (Å²) in [6.07, 6.45) is 0. The Kier molecular flexibility index (Phi) is 2.62. The van der Waals surface area contributed by atoms with Gasteiger partial charge in [-0.3, -0.25) is 0 Å². The third-order valence-corrected chi connectivity index (χ3v) is 1.58. The van der Waals surface area contributed by atoms with Crippen molar-refractivity contribution in [3.05, 3.63) is 0 Å². The predicted molar refractivity (Wildman–Crippen MR) is 33.7 cm³/mol. The minimum Gasteiger partial charge on any atom is -0.393 e. The molecule has 0 aliphatic carbocycles. The number of rotatable bonds is 2. The molecule has 10 heavy (non-hydrogen) atoms. The van der Waals surface area contributed by atoms with Gasteiger partial charge in [-0.15, -0.1) is 0 Å². The molecule has 0 aromatic carbocycles. The first-order valence-electron chi connectivity index (χ1n) is 3.26. The highest BCUT2D eigenvalue weighted by atomic mass is 16.6. The van der Waals surface area contributed by atoms with E-state index in [2.05, 4.69) is 0 Å². The number of ether oxygens (including phenoxy) is 2. The third-order valence-electron chi connectivity index (χ3n) is 1.58. The van der Waals surface area contributed by atoms with Crippen LogP contribution in [-0.2, 0) is 9.47 Å². The van der Waals surface area contributed by atoms with E-state index in [1.165, 1.54) is 0 Å². The molecule has 0 radical (unpaired) electrons. The fourth-order valence-corrected chi connectivity index (χ4v) is 0.850. The van der Waals surface area contributed by atoms with Crippen LogP contribution in [0.1, 0.15) is 0 Å². The molecule has 0 aromatic heterocycles. The van der Waals surface area contributed by atoms with Crippen molar-refractivity contribution in [3.8, 4) is 0 Å². The van der Waals surface area contributed by atoms with E-state index in [1.807, 2.05) is 0 Å². The zero-order chi connectivity index (χ0) is 7.45. The molecule has 1 heterocycles. The number of hydrogen-bond donors (Lipinski definition) is 2. The molecule has 1 saturated heterocycles. The van der Waals surface area contributed by atoms with Crippen molar-refractivity contribution < 1.29 is 19.7 Å². The minimum atomic E-state index is -0.849. The van der Waals surface area contributed by atoms with E-state index in [0.29, 0.717) is 13.2 Å². The molecule has 0 saturated carbocycles. The van der Waals surface area contributed by atoms with Crippen LogP contribution in [-0.4, -0.2) is 48.8 Å². The average molecular weight is 148 g/mol. The fourth-order valence-electron chi connectivity index (χ4n) is 0.850. The normalized spacial score (nSPS) is 24.6. The summed E-state index contributed by atoms with van der Waals surface area (Å²) in [6.45, 7) is 0.885. The van der Waals surface area contributed by atoms with Gasteiger partial charge in [0.15, 0.2) is 0 Å². The molecular weight excluding hydrogens is 136 g/mol. The molecule has 4 heteroatoms. The summed E-state index contributed by atoms with van der Waals surface area (Å²) in [6, 6.07) is 0. The van der Waals surface area contributed by atoms with Crippen LogP contribution in [0.5, 0.6) is 0 Å². The van der Waals surface area contributed by atoms with Crippen molar-refractivity contribution in [1.82, 2.24) is 0 Å². The third kappa shape index (κ3) is 1.46. The fraction of sp³-hybridized carbons (Fsp3) is 1.00. The van der Waals surface area contributed by atoms with Gasteiger partial charge in [0.25, 0.3) is 0 Å². The van der Waals surface area contributed by atoms with Gasteiger partial charge < -0.3 is 19.7 Å². The summed E-state index contributed by atoms with van der Waals surface area (Å²) in [5.74, 6) is 0. The van der Waals surface area contributed by atoms with Crippen molar-refractivity contribution in [1.29, 1.82) is 0 Å². The van der Waals surface area contributed by atoms with Crippen molar-refractivity contribution in [2.24, 2.45) is 0 Å². The second-order valence-corrected chi connectivity index (χ2v) is 2.40. The Morgan fingerprint density at radius 1 is 1.20 bits per heavy atom. The van der Waals surface area contributed by atoms with Gasteiger partial charge in [0.1, 0.15) is 5.60 Å². The summed E-state index contributed by atoms with van der Waals surface area (Å²) < 4.78 is 10.2. The SMILES string of the molecule is OCC1(CO)COCCO1. The molecule has 0 spiro atoms. The topological polar surface area (TPSA) is 58.9 Å². The van der Waals surface area contributed by atoms with Crippen molar-refractivity contribution >= 4 is 0 Å². The average Bonchev–Trinajstić information content (AvgIpc) is 2.06. The van der Waals surface area contributed by atoms with Gasteiger partial charge in [-0.2, -0.15) is 0 Å². The Morgan fingerprint density at radius 3 is 2.20 bits per heavy atom. The van der Waals surface area contributed by atoms with Gasteiger partial charge >= 0.3 is 0 Å². The summed E-state index contributed by atoms with van der Waals surface area (Å²) in [4.78, 5) is 0. The van der Waals surface area contributed by atoms with Crippen molar-refractivity contribution in [3.63, 3.8) is 0 Å². The van der Waals surface area contributed by atoms with E-state index >= 15 is 0 Å². The maximum atomic E-state index is 8.78. The second kappa shape index (κ2) is 3.30. The molecule has 0 atom stereocenters. The zero-order valence-corrected chi connectivity index (χ0v) is 5.75. The Labute approximate surface area is 59.4 Å². The first kappa shape index (κ1) is 7.94. The Hall–Kier alpha value is -0.160. The highest BCUT2D eigenvalue weighted by Gasteiger charge is 2.32. The second-order valence-electron chi connectivity index (χ2n) is 2.40. The van der Waals surface area contributed by atoms with Gasteiger partial charge in [-0.25, -0.2) is 0 Å². The van der Waals surface area contributed by atoms with Crippen LogP contribution >= 0.6 is 0 Å². The van der Waals surface area contributed by atoms with Crippen molar-refractivity contribution in [2.45, 2.75) is 5.60 Å². The van der Waals surface area contributed by atoms with Gasteiger partial charge in [-0.05, 0) is 0 Å². The number of aliphatic hydroxyl groups is 2. The summed E-state index contributed by atoms with van der Waals surface area (Å²) in [5, 5.41) is 17.6. The lowest BCUT2D eigenvalue weighted by Crippen LogP contribution is -2.49. The highest BCUT2D eigenvalue weighted by molar-refractivity contribution is 4.80. The maximum absolute atomic E-state index is 8.78. The molecule has 1 aliphatic rings. The monoisotopic (exact) mass is 148 g/mol. The standard InChI is InChI=1S/C6H12O4/c7-3-6(4-8)5-9-1-2-10-6/h7-8H,1-5H2. The predicted octanol–water partition coefficient (Wildman–Crippen LogP) is -1.24. The van der Waals surface area contributed by atoms with E-state index < -0.39 is 5.60 Å². The molecule has 0 aromatic rings.